The number of benzene rings is 16. The minimum absolute atomic E-state index is 0.0703. The third kappa shape index (κ3) is 11.0. The average Bonchev–Trinajstić information content (AvgIpc) is 0.725. The van der Waals surface area contributed by atoms with Crippen LogP contribution >= 0.6 is 0 Å². The molecule has 0 saturated heterocycles. The molecule has 1 aliphatic rings. The molecule has 0 unspecified atom stereocenters. The van der Waals surface area contributed by atoms with Crippen LogP contribution in [0.1, 0.15) is 99.9 Å². The van der Waals surface area contributed by atoms with Crippen LogP contribution in [0, 0.1) is 0 Å². The quantitative estimate of drug-likeness (QED) is 0.0500. The highest BCUT2D eigenvalue weighted by Gasteiger charge is 2.37. The maximum Gasteiger partial charge on any atom is 0.339 e. The first-order valence-corrected chi connectivity index (χ1v) is 37.8. The van der Waals surface area contributed by atoms with E-state index in [1.165, 1.54) is 0 Å². The SMILES string of the molecule is CCOC(=O)C1=C(C(=O)OCC)c2ccc3ccc4c(ccc5ccc2c3c54)C(C(=O)OCC)=C(C(=O)OCC)c2ccc3ccc4c(ccc5ccc2c3c54)C(C(=O)OCC)=C(C(=O)OCC)c2ccc3ccc4c(ccc5ccc2c3c54)C(C(=O)OCC)=C(C(=O)OCC)c2ccc3ccc4c1ccc1ccc2c3c14. The van der Waals surface area contributed by atoms with Crippen molar-refractivity contribution in [2.24, 2.45) is 0 Å². The maximum atomic E-state index is 15.6. The Kier molecular flexibility index (Phi) is 18.1. The first-order valence-electron chi connectivity index (χ1n) is 37.8. The van der Waals surface area contributed by atoms with Gasteiger partial charge in [0.25, 0.3) is 0 Å². The molecule has 24 bridgehead atoms. The molecule has 16 aromatic carbocycles. The van der Waals surface area contributed by atoms with Gasteiger partial charge in [0.1, 0.15) is 0 Å². The highest BCUT2D eigenvalue weighted by molar-refractivity contribution is 6.48. The molecule has 1 aliphatic carbocycles. The smallest absolute Gasteiger partial charge is 0.339 e. The lowest BCUT2D eigenvalue weighted by molar-refractivity contribution is -0.138. The molecule has 0 radical (unpaired) electrons. The number of rotatable bonds is 16. The average molecular weight is 1480 g/mol. The van der Waals surface area contributed by atoms with E-state index < -0.39 is 47.8 Å². The second kappa shape index (κ2) is 28.4. The van der Waals surface area contributed by atoms with Crippen LogP contribution in [-0.2, 0) is 76.3 Å². The molecular weight excluding hydrogens is 1410 g/mol. The van der Waals surface area contributed by atoms with E-state index >= 15 is 38.4 Å². The Morgan fingerprint density at radius 2 is 0.259 bits per heavy atom. The summed E-state index contributed by atoms with van der Waals surface area (Å²) < 4.78 is 48.4. The Hall–Kier alpha value is -13.6. The number of hydrogen-bond donors (Lipinski definition) is 0. The summed E-state index contributed by atoms with van der Waals surface area (Å²) >= 11 is 0. The monoisotopic (exact) mass is 1480 g/mol. The Morgan fingerprint density at radius 3 is 0.357 bits per heavy atom. The van der Waals surface area contributed by atoms with Crippen LogP contribution in [0.4, 0.5) is 0 Å². The number of hydrogen-bond acceptors (Lipinski definition) is 16. The molecule has 16 nitrogen and oxygen atoms in total. The lowest BCUT2D eigenvalue weighted by atomic mass is 9.81. The van der Waals surface area contributed by atoms with Crippen LogP contribution < -0.4 is 0 Å². The Morgan fingerprint density at radius 1 is 0.161 bits per heavy atom. The van der Waals surface area contributed by atoms with Crippen LogP contribution in [-0.4, -0.2) is 101 Å². The fourth-order valence-electron chi connectivity index (χ4n) is 17.3. The molecule has 17 rings (SSSR count). The van der Waals surface area contributed by atoms with Crippen molar-refractivity contribution in [1.82, 2.24) is 0 Å². The third-order valence-electron chi connectivity index (χ3n) is 21.6. The van der Waals surface area contributed by atoms with Crippen molar-refractivity contribution in [2.75, 3.05) is 52.9 Å². The number of ether oxygens (including phenoxy) is 8. The molecule has 0 aromatic heterocycles. The van der Waals surface area contributed by atoms with Crippen molar-refractivity contribution in [3.63, 3.8) is 0 Å². The summed E-state index contributed by atoms with van der Waals surface area (Å²) in [6, 6.07) is 59.6. The molecule has 0 amide bonds. The van der Waals surface area contributed by atoms with Gasteiger partial charge in [0.15, 0.2) is 0 Å². The van der Waals surface area contributed by atoms with Crippen LogP contribution in [0.25, 0.3) is 174 Å². The summed E-state index contributed by atoms with van der Waals surface area (Å²) in [4.78, 5) is 124. The fraction of sp³-hybridized carbons (Fsp3) is 0.167. The molecule has 0 heterocycles. The van der Waals surface area contributed by atoms with E-state index in [1.807, 2.05) is 146 Å². The maximum absolute atomic E-state index is 15.6. The van der Waals surface area contributed by atoms with Gasteiger partial charge in [-0.15, -0.1) is 0 Å². The fourth-order valence-corrected chi connectivity index (χ4v) is 17.3. The predicted octanol–water partition coefficient (Wildman–Crippen LogP) is 19.7. The molecule has 16 aromatic rings. The van der Waals surface area contributed by atoms with Gasteiger partial charge >= 0.3 is 47.8 Å². The zero-order valence-electron chi connectivity index (χ0n) is 62.7. The van der Waals surface area contributed by atoms with Gasteiger partial charge < -0.3 is 37.9 Å². The molecule has 0 N–H and O–H groups in total. The third-order valence-corrected chi connectivity index (χ3v) is 21.6. The van der Waals surface area contributed by atoms with E-state index in [4.69, 9.17) is 37.9 Å². The van der Waals surface area contributed by atoms with E-state index in [0.717, 1.165) is 43.1 Å². The van der Waals surface area contributed by atoms with Crippen molar-refractivity contribution < 1.29 is 76.3 Å². The molecule has 16 heteroatoms. The predicted molar refractivity (Wildman–Crippen MR) is 441 cm³/mol. The van der Waals surface area contributed by atoms with Gasteiger partial charge in [0, 0.05) is 0 Å². The van der Waals surface area contributed by atoms with Gasteiger partial charge in [-0.2, -0.15) is 0 Å². The Balaban J connectivity index is 1.07. The number of carbonyl (C=O) groups excluding carboxylic acids is 8. The van der Waals surface area contributed by atoms with Gasteiger partial charge in [0.2, 0.25) is 0 Å². The molecular formula is C96H72O16. The minimum Gasteiger partial charge on any atom is -0.462 e. The molecule has 0 spiro atoms. The second-order valence-corrected chi connectivity index (χ2v) is 27.4. The normalized spacial score (nSPS) is 13.1. The van der Waals surface area contributed by atoms with Crippen LogP contribution in [0.2, 0.25) is 0 Å². The topological polar surface area (TPSA) is 210 Å². The summed E-state index contributed by atoms with van der Waals surface area (Å²) in [6.45, 7) is 12.9. The largest absolute Gasteiger partial charge is 0.462 e. The zero-order valence-corrected chi connectivity index (χ0v) is 62.7. The lowest BCUT2D eigenvalue weighted by Crippen LogP contribution is -2.17. The van der Waals surface area contributed by atoms with Gasteiger partial charge in [-0.1, -0.05) is 194 Å². The van der Waals surface area contributed by atoms with E-state index in [1.54, 1.807) is 104 Å². The van der Waals surface area contributed by atoms with E-state index in [0.29, 0.717) is 131 Å². The summed E-state index contributed by atoms with van der Waals surface area (Å²) in [5.74, 6) is -6.53. The van der Waals surface area contributed by atoms with Crippen molar-refractivity contribution >= 4 is 222 Å². The number of carbonyl (C=O) groups is 8. The first-order chi connectivity index (χ1) is 54.6. The van der Waals surface area contributed by atoms with Gasteiger partial charge in [0.05, 0.1) is 97.4 Å². The zero-order chi connectivity index (χ0) is 77.7. The van der Waals surface area contributed by atoms with E-state index in [9.17, 15) is 0 Å². The van der Waals surface area contributed by atoms with Crippen molar-refractivity contribution in [1.29, 1.82) is 0 Å². The minimum atomic E-state index is -0.817. The summed E-state index contributed by atoms with van der Waals surface area (Å²) in [7, 11) is 0. The van der Waals surface area contributed by atoms with Crippen LogP contribution in [0.5, 0.6) is 0 Å². The van der Waals surface area contributed by atoms with E-state index in [2.05, 4.69) is 0 Å². The summed E-state index contributed by atoms with van der Waals surface area (Å²) in [6.07, 6.45) is 0. The highest BCUT2D eigenvalue weighted by Crippen LogP contribution is 2.51. The van der Waals surface area contributed by atoms with E-state index in [-0.39, 0.29) is 97.4 Å². The molecule has 0 aliphatic heterocycles. The van der Waals surface area contributed by atoms with Gasteiger partial charge in [-0.05, 0) is 229 Å². The Labute approximate surface area is 641 Å². The first kappa shape index (κ1) is 71.3. The van der Waals surface area contributed by atoms with Crippen LogP contribution in [0.3, 0.4) is 0 Å². The van der Waals surface area contributed by atoms with Crippen molar-refractivity contribution in [3.05, 3.63) is 239 Å². The molecule has 112 heavy (non-hydrogen) atoms. The van der Waals surface area contributed by atoms with Crippen molar-refractivity contribution in [2.45, 2.75) is 55.4 Å². The lowest BCUT2D eigenvalue weighted by Gasteiger charge is -2.23. The molecule has 0 atom stereocenters. The Bertz CT molecular complexity index is 5670. The second-order valence-electron chi connectivity index (χ2n) is 27.4. The van der Waals surface area contributed by atoms with Gasteiger partial charge in [-0.3, -0.25) is 0 Å². The van der Waals surface area contributed by atoms with Gasteiger partial charge in [-0.25, -0.2) is 38.4 Å². The van der Waals surface area contributed by atoms with Crippen LogP contribution in [0.15, 0.2) is 194 Å². The molecule has 0 saturated carbocycles. The highest BCUT2D eigenvalue weighted by atomic mass is 16.6. The number of esters is 8. The summed E-state index contributed by atoms with van der Waals surface area (Å²) in [5, 5.41) is 15.3. The molecule has 552 valence electrons. The summed E-state index contributed by atoms with van der Waals surface area (Å²) in [5.41, 5.74) is 1.81. The molecule has 0 fully saturated rings. The van der Waals surface area contributed by atoms with Crippen molar-refractivity contribution in [3.8, 4) is 0 Å². The standard InChI is InChI=1S/C96H72O16/c1-9-105-89(97)81-65-41-25-49-19-35-59-67(43-27-50-17-33-57(65)73(49)75(50)59)83(91(99)107-11-3)85(93(101)109-13-5)69-45-29-53-23-39-63-71(47-31-54-21-37-61(69)77(53)79(54)63)87(95(103)111-15-7)88(96(104)112-16-8)72-48-32-56-22-38-62-70(46-30-55-24-40-64(72)80(56)78(55)62)86(94(102)110-14-6)84(92(100)108-12-4)68-44-28-52-18-34-58-66(82(81)90(98)106-10-2)42-26-51-20-36-60(68)76(52)74(51)58/h17-48H,9-16H2,1-8H3.